The monoisotopic (exact) mass is 366 g/mol. The lowest BCUT2D eigenvalue weighted by Gasteiger charge is -2.26. The zero-order valence-corrected chi connectivity index (χ0v) is 15.5. The number of hydrogen-bond acceptors (Lipinski definition) is 5. The minimum atomic E-state index is -0.116. The number of benzene rings is 2. The number of rotatable bonds is 6. The summed E-state index contributed by atoms with van der Waals surface area (Å²) < 4.78 is 16.4. The van der Waals surface area contributed by atoms with Gasteiger partial charge >= 0.3 is 0 Å². The first-order valence-corrected chi connectivity index (χ1v) is 8.81. The van der Waals surface area contributed by atoms with Crippen LogP contribution < -0.4 is 14.2 Å². The molecular weight excluding hydrogens is 344 g/mol. The van der Waals surface area contributed by atoms with Crippen molar-refractivity contribution in [1.29, 1.82) is 5.26 Å². The first-order chi connectivity index (χ1) is 13.2. The van der Waals surface area contributed by atoms with Crippen LogP contribution in [0, 0.1) is 11.3 Å². The van der Waals surface area contributed by atoms with Gasteiger partial charge in [-0.05, 0) is 43.2 Å². The first-order valence-electron chi connectivity index (χ1n) is 8.81. The van der Waals surface area contributed by atoms with E-state index in [1.165, 1.54) is 0 Å². The number of nitriles is 1. The highest BCUT2D eigenvalue weighted by Crippen LogP contribution is 2.39. The van der Waals surface area contributed by atoms with E-state index in [2.05, 4.69) is 6.07 Å². The fourth-order valence-electron chi connectivity index (χ4n) is 3.40. The maximum atomic E-state index is 12.8. The molecule has 1 fully saturated rings. The van der Waals surface area contributed by atoms with Crippen LogP contribution in [0.2, 0.25) is 0 Å². The van der Waals surface area contributed by atoms with Gasteiger partial charge in [0.1, 0.15) is 23.3 Å². The van der Waals surface area contributed by atoms with Crippen molar-refractivity contribution >= 4 is 5.91 Å². The van der Waals surface area contributed by atoms with E-state index in [1.54, 1.807) is 38.5 Å². The van der Waals surface area contributed by atoms with Crippen molar-refractivity contribution in [3.05, 3.63) is 53.6 Å². The third kappa shape index (κ3) is 3.98. The van der Waals surface area contributed by atoms with Crippen molar-refractivity contribution in [2.24, 2.45) is 0 Å². The van der Waals surface area contributed by atoms with Crippen LogP contribution in [0.25, 0.3) is 0 Å². The van der Waals surface area contributed by atoms with Gasteiger partial charge in [0, 0.05) is 12.1 Å². The van der Waals surface area contributed by atoms with E-state index < -0.39 is 0 Å². The van der Waals surface area contributed by atoms with Gasteiger partial charge in [-0.3, -0.25) is 4.79 Å². The van der Waals surface area contributed by atoms with Crippen molar-refractivity contribution in [1.82, 2.24) is 4.90 Å². The molecule has 1 aliphatic rings. The average molecular weight is 366 g/mol. The van der Waals surface area contributed by atoms with E-state index in [-0.39, 0.29) is 18.6 Å². The van der Waals surface area contributed by atoms with Crippen LogP contribution in [0.3, 0.4) is 0 Å². The summed E-state index contributed by atoms with van der Waals surface area (Å²) in [4.78, 5) is 14.6. The Balaban J connectivity index is 1.76. The number of carbonyl (C=O) groups is 1. The molecule has 2 aromatic rings. The Morgan fingerprint density at radius 1 is 1.19 bits per heavy atom. The van der Waals surface area contributed by atoms with Gasteiger partial charge < -0.3 is 19.1 Å². The third-order valence-electron chi connectivity index (χ3n) is 4.73. The number of carbonyl (C=O) groups excluding carboxylic acids is 1. The molecule has 1 aliphatic heterocycles. The lowest BCUT2D eigenvalue weighted by molar-refractivity contribution is -0.134. The fourth-order valence-corrected chi connectivity index (χ4v) is 3.40. The van der Waals surface area contributed by atoms with Crippen molar-refractivity contribution in [3.63, 3.8) is 0 Å². The van der Waals surface area contributed by atoms with Crippen molar-refractivity contribution in [2.45, 2.75) is 18.9 Å². The number of hydrogen-bond donors (Lipinski definition) is 0. The molecule has 1 saturated heterocycles. The highest BCUT2D eigenvalue weighted by atomic mass is 16.5. The minimum absolute atomic E-state index is 0.0858. The molecule has 0 radical (unpaired) electrons. The largest absolute Gasteiger partial charge is 0.497 e. The predicted molar refractivity (Wildman–Crippen MR) is 99.9 cm³/mol. The molecule has 6 heteroatoms. The quantitative estimate of drug-likeness (QED) is 0.784. The highest BCUT2D eigenvalue weighted by molar-refractivity contribution is 5.79. The number of nitrogens with zero attached hydrogens (tertiary/aromatic N) is 2. The number of para-hydroxylation sites is 1. The van der Waals surface area contributed by atoms with E-state index >= 15 is 0 Å². The van der Waals surface area contributed by atoms with Gasteiger partial charge in [0.15, 0.2) is 6.61 Å². The summed E-state index contributed by atoms with van der Waals surface area (Å²) in [6, 6.07) is 14.5. The Bertz CT molecular complexity index is 860. The van der Waals surface area contributed by atoms with Crippen molar-refractivity contribution in [3.8, 4) is 23.3 Å². The third-order valence-corrected chi connectivity index (χ3v) is 4.73. The summed E-state index contributed by atoms with van der Waals surface area (Å²) in [7, 11) is 3.23. The summed E-state index contributed by atoms with van der Waals surface area (Å²) in [5.41, 5.74) is 1.35. The maximum Gasteiger partial charge on any atom is 0.261 e. The number of likely N-dealkylation sites (tertiary alicyclic amines) is 1. The van der Waals surface area contributed by atoms with Crippen LogP contribution >= 0.6 is 0 Å². The Kier molecular flexibility index (Phi) is 5.82. The second kappa shape index (κ2) is 8.45. The van der Waals surface area contributed by atoms with Crippen LogP contribution in [-0.2, 0) is 4.79 Å². The van der Waals surface area contributed by atoms with Gasteiger partial charge in [-0.2, -0.15) is 5.26 Å². The minimum Gasteiger partial charge on any atom is -0.497 e. The molecule has 0 N–H and O–H groups in total. The van der Waals surface area contributed by atoms with E-state index in [9.17, 15) is 4.79 Å². The number of ether oxygens (including phenoxy) is 3. The topological polar surface area (TPSA) is 71.8 Å². The first kappa shape index (κ1) is 18.6. The smallest absolute Gasteiger partial charge is 0.261 e. The SMILES string of the molecule is COc1ccc(OC)c(C2CCCN2C(=O)COc2ccccc2C#N)c1. The van der Waals surface area contributed by atoms with Crippen LogP contribution in [0.15, 0.2) is 42.5 Å². The maximum absolute atomic E-state index is 12.8. The molecule has 27 heavy (non-hydrogen) atoms. The van der Waals surface area contributed by atoms with E-state index in [0.717, 1.165) is 29.9 Å². The van der Waals surface area contributed by atoms with Gasteiger partial charge in [0.25, 0.3) is 5.91 Å². The normalized spacial score (nSPS) is 15.9. The van der Waals surface area contributed by atoms with E-state index in [0.29, 0.717) is 17.9 Å². The molecule has 1 heterocycles. The molecular formula is C21H22N2O4. The molecule has 1 amide bonds. The summed E-state index contributed by atoms with van der Waals surface area (Å²) in [6.45, 7) is 0.550. The highest BCUT2D eigenvalue weighted by Gasteiger charge is 2.32. The lowest BCUT2D eigenvalue weighted by Crippen LogP contribution is -2.34. The fraction of sp³-hybridized carbons (Fsp3) is 0.333. The number of amides is 1. The standard InChI is InChI=1S/C21H22N2O4/c1-25-16-9-10-20(26-2)17(12-16)18-7-5-11-23(18)21(24)14-27-19-8-4-3-6-15(19)13-22/h3-4,6,8-10,12,18H,5,7,11,14H2,1-2H3. The molecule has 3 rings (SSSR count). The van der Waals surface area contributed by atoms with Gasteiger partial charge in [-0.1, -0.05) is 12.1 Å². The zero-order valence-electron chi connectivity index (χ0n) is 15.5. The molecule has 140 valence electrons. The van der Waals surface area contributed by atoms with Gasteiger partial charge in [-0.15, -0.1) is 0 Å². The van der Waals surface area contributed by atoms with E-state index in [4.69, 9.17) is 19.5 Å². The van der Waals surface area contributed by atoms with Crippen molar-refractivity contribution in [2.75, 3.05) is 27.4 Å². The second-order valence-electron chi connectivity index (χ2n) is 6.25. The zero-order chi connectivity index (χ0) is 19.2. The Morgan fingerprint density at radius 3 is 2.74 bits per heavy atom. The predicted octanol–water partition coefficient (Wildman–Crippen LogP) is 3.32. The summed E-state index contributed by atoms with van der Waals surface area (Å²) in [6.07, 6.45) is 1.76. The molecule has 1 atom stereocenters. The van der Waals surface area contributed by atoms with Crippen LogP contribution in [0.4, 0.5) is 0 Å². The molecule has 0 saturated carbocycles. The van der Waals surface area contributed by atoms with Crippen LogP contribution in [0.1, 0.15) is 30.0 Å². The summed E-state index contributed by atoms with van der Waals surface area (Å²) in [5, 5.41) is 9.14. The lowest BCUT2D eigenvalue weighted by atomic mass is 10.0. The number of methoxy groups -OCH3 is 2. The molecule has 0 aromatic heterocycles. The molecule has 0 aliphatic carbocycles. The van der Waals surface area contributed by atoms with Gasteiger partial charge in [0.2, 0.25) is 0 Å². The molecule has 0 bridgehead atoms. The molecule has 2 aromatic carbocycles. The average Bonchev–Trinajstić information content (AvgIpc) is 3.21. The van der Waals surface area contributed by atoms with Gasteiger partial charge in [-0.25, -0.2) is 0 Å². The summed E-state index contributed by atoms with van der Waals surface area (Å²) >= 11 is 0. The molecule has 6 nitrogen and oxygen atoms in total. The van der Waals surface area contributed by atoms with Crippen LogP contribution in [-0.4, -0.2) is 38.2 Å². The molecule has 1 unspecified atom stereocenters. The summed E-state index contributed by atoms with van der Waals surface area (Å²) in [5.74, 6) is 1.76. The second-order valence-corrected chi connectivity index (χ2v) is 6.25. The van der Waals surface area contributed by atoms with Crippen molar-refractivity contribution < 1.29 is 19.0 Å². The van der Waals surface area contributed by atoms with E-state index in [1.807, 2.05) is 23.1 Å². The van der Waals surface area contributed by atoms with Gasteiger partial charge in [0.05, 0.1) is 25.8 Å². The Morgan fingerprint density at radius 2 is 2.00 bits per heavy atom. The van der Waals surface area contributed by atoms with Crippen LogP contribution in [0.5, 0.6) is 17.2 Å². The Hall–Kier alpha value is -3.20. The molecule has 0 spiro atoms. The Labute approximate surface area is 158 Å².